The molecule has 0 bridgehead atoms. The van der Waals surface area contributed by atoms with Crippen LogP contribution in [0.4, 0.5) is 5.69 Å². The topological polar surface area (TPSA) is 69.6 Å². The fourth-order valence-electron chi connectivity index (χ4n) is 1.30. The maximum atomic E-state index is 11.4. The van der Waals surface area contributed by atoms with Gasteiger partial charge in [-0.2, -0.15) is 0 Å². The van der Waals surface area contributed by atoms with E-state index in [1.807, 2.05) is 0 Å². The average Bonchev–Trinajstić information content (AvgIpc) is 2.26. The zero-order valence-corrected chi connectivity index (χ0v) is 8.91. The summed E-state index contributed by atoms with van der Waals surface area (Å²) in [6.07, 6.45) is 7.03. The highest BCUT2D eigenvalue weighted by atomic mass is 16.1. The number of aromatic nitrogens is 1. The van der Waals surface area contributed by atoms with E-state index >= 15 is 0 Å². The number of unbranched alkanes of at least 4 members (excludes halogenated alkanes) is 2. The van der Waals surface area contributed by atoms with Gasteiger partial charge < -0.3 is 11.1 Å². The van der Waals surface area contributed by atoms with Crippen molar-refractivity contribution in [3.8, 4) is 0 Å². The Labute approximate surface area is 89.9 Å². The zero-order chi connectivity index (χ0) is 10.9. The molecule has 4 heteroatoms. The third kappa shape index (κ3) is 5.12. The van der Waals surface area contributed by atoms with Gasteiger partial charge in [-0.25, -0.2) is 0 Å². The Morgan fingerprint density at radius 3 is 2.67 bits per heavy atom. The van der Waals surface area contributed by atoms with Crippen molar-refractivity contribution in [1.82, 2.24) is 4.98 Å². The van der Waals surface area contributed by atoms with Crippen LogP contribution in [0.3, 0.4) is 0 Å². The smallest absolute Gasteiger partial charge is 0.224 e. The van der Waals surface area contributed by atoms with Crippen molar-refractivity contribution >= 4 is 11.6 Å². The SMILES string of the molecule is [NH3+]CCCCCC(=O)Nc1ccncc1. The lowest BCUT2D eigenvalue weighted by atomic mass is 10.2. The van der Waals surface area contributed by atoms with Crippen LogP contribution in [0.2, 0.25) is 0 Å². The number of pyridine rings is 1. The molecule has 0 saturated heterocycles. The molecule has 0 aromatic carbocycles. The van der Waals surface area contributed by atoms with E-state index in [1.165, 1.54) is 0 Å². The Balaban J connectivity index is 2.19. The molecule has 0 unspecified atom stereocenters. The quantitative estimate of drug-likeness (QED) is 0.679. The van der Waals surface area contributed by atoms with Crippen LogP contribution in [0.1, 0.15) is 25.7 Å². The molecule has 4 N–H and O–H groups in total. The first kappa shape index (κ1) is 11.7. The number of nitrogens with one attached hydrogen (secondary N) is 1. The number of nitrogens with zero attached hydrogens (tertiary/aromatic N) is 1. The molecule has 82 valence electrons. The molecule has 0 saturated carbocycles. The Kier molecular flexibility index (Phi) is 5.40. The summed E-state index contributed by atoms with van der Waals surface area (Å²) >= 11 is 0. The maximum absolute atomic E-state index is 11.4. The predicted molar refractivity (Wildman–Crippen MR) is 59.1 cm³/mol. The van der Waals surface area contributed by atoms with Crippen molar-refractivity contribution in [3.63, 3.8) is 0 Å². The van der Waals surface area contributed by atoms with Crippen molar-refractivity contribution in [1.29, 1.82) is 0 Å². The second kappa shape index (κ2) is 6.95. The second-order valence-electron chi connectivity index (χ2n) is 3.45. The monoisotopic (exact) mass is 208 g/mol. The number of carbonyl (C=O) groups is 1. The molecule has 4 nitrogen and oxygen atoms in total. The lowest BCUT2D eigenvalue weighted by Crippen LogP contribution is -2.50. The zero-order valence-electron chi connectivity index (χ0n) is 8.91. The second-order valence-corrected chi connectivity index (χ2v) is 3.45. The lowest BCUT2D eigenvalue weighted by Gasteiger charge is -2.03. The van der Waals surface area contributed by atoms with Gasteiger partial charge in [-0.1, -0.05) is 0 Å². The maximum Gasteiger partial charge on any atom is 0.224 e. The minimum atomic E-state index is 0.0743. The number of hydrogen-bond donors (Lipinski definition) is 2. The predicted octanol–water partition coefficient (Wildman–Crippen LogP) is 0.822. The van der Waals surface area contributed by atoms with Crippen LogP contribution < -0.4 is 11.1 Å². The minimum absolute atomic E-state index is 0.0743. The molecule has 15 heavy (non-hydrogen) atoms. The van der Waals surface area contributed by atoms with Gasteiger partial charge in [0.25, 0.3) is 0 Å². The number of carbonyl (C=O) groups excluding carboxylic acids is 1. The number of anilines is 1. The molecule has 0 aliphatic rings. The molecule has 1 amide bonds. The highest BCUT2D eigenvalue weighted by Gasteiger charge is 2.01. The third-order valence-corrected chi connectivity index (χ3v) is 2.12. The standard InChI is InChI=1S/C11H17N3O/c12-7-3-1-2-4-11(15)14-10-5-8-13-9-6-10/h5-6,8-9H,1-4,7,12H2,(H,13,14,15)/p+1. The van der Waals surface area contributed by atoms with Crippen LogP contribution in [0.5, 0.6) is 0 Å². The number of quaternary nitrogens is 1. The average molecular weight is 208 g/mol. The Bertz CT molecular complexity index is 287. The van der Waals surface area contributed by atoms with E-state index in [0.29, 0.717) is 6.42 Å². The highest BCUT2D eigenvalue weighted by molar-refractivity contribution is 5.90. The lowest BCUT2D eigenvalue weighted by molar-refractivity contribution is -0.368. The van der Waals surface area contributed by atoms with E-state index in [2.05, 4.69) is 16.0 Å². The van der Waals surface area contributed by atoms with Gasteiger partial charge >= 0.3 is 0 Å². The van der Waals surface area contributed by atoms with Gasteiger partial charge in [0.05, 0.1) is 6.54 Å². The third-order valence-electron chi connectivity index (χ3n) is 2.12. The summed E-state index contributed by atoms with van der Waals surface area (Å²) in [6.45, 7) is 0.950. The molecule has 0 aliphatic heterocycles. The van der Waals surface area contributed by atoms with Gasteiger partial charge in [-0.15, -0.1) is 0 Å². The van der Waals surface area contributed by atoms with E-state index in [-0.39, 0.29) is 5.91 Å². The van der Waals surface area contributed by atoms with Crippen LogP contribution in [0, 0.1) is 0 Å². The molecule has 0 aliphatic carbocycles. The van der Waals surface area contributed by atoms with Gasteiger partial charge in [0.1, 0.15) is 0 Å². The minimum Gasteiger partial charge on any atom is -0.358 e. The summed E-state index contributed by atoms with van der Waals surface area (Å²) in [7, 11) is 0. The molecule has 0 radical (unpaired) electrons. The van der Waals surface area contributed by atoms with E-state index in [1.54, 1.807) is 24.5 Å². The summed E-state index contributed by atoms with van der Waals surface area (Å²) < 4.78 is 0. The molecule has 1 aromatic heterocycles. The summed E-state index contributed by atoms with van der Waals surface area (Å²) in [6, 6.07) is 3.57. The summed E-state index contributed by atoms with van der Waals surface area (Å²) in [5.41, 5.74) is 4.57. The Morgan fingerprint density at radius 1 is 1.27 bits per heavy atom. The van der Waals surface area contributed by atoms with Gasteiger partial charge in [0.2, 0.25) is 5.91 Å². The van der Waals surface area contributed by atoms with Crippen LogP contribution in [0.15, 0.2) is 24.5 Å². The van der Waals surface area contributed by atoms with Gasteiger partial charge in [-0.05, 0) is 31.4 Å². The molecule has 0 fully saturated rings. The first-order valence-corrected chi connectivity index (χ1v) is 5.32. The van der Waals surface area contributed by atoms with E-state index < -0.39 is 0 Å². The van der Waals surface area contributed by atoms with Crippen molar-refractivity contribution in [3.05, 3.63) is 24.5 Å². The first-order chi connectivity index (χ1) is 7.33. The normalized spacial score (nSPS) is 9.93. The van der Waals surface area contributed by atoms with Crippen molar-refractivity contribution in [2.24, 2.45) is 0 Å². The largest absolute Gasteiger partial charge is 0.358 e. The first-order valence-electron chi connectivity index (χ1n) is 5.32. The Hall–Kier alpha value is -1.42. The molecule has 1 aromatic rings. The van der Waals surface area contributed by atoms with Crippen molar-refractivity contribution in [2.75, 3.05) is 11.9 Å². The number of rotatable bonds is 6. The summed E-state index contributed by atoms with van der Waals surface area (Å²) in [5.74, 6) is 0.0743. The van der Waals surface area contributed by atoms with Gasteiger partial charge in [0, 0.05) is 24.5 Å². The molecule has 1 rings (SSSR count). The highest BCUT2D eigenvalue weighted by Crippen LogP contribution is 2.05. The molecule has 0 spiro atoms. The van der Waals surface area contributed by atoms with Gasteiger partial charge in [0.15, 0.2) is 0 Å². The van der Waals surface area contributed by atoms with Crippen LogP contribution in [-0.4, -0.2) is 17.4 Å². The number of amides is 1. The molecular formula is C11H18N3O+. The fourth-order valence-corrected chi connectivity index (χ4v) is 1.30. The van der Waals surface area contributed by atoms with Crippen LogP contribution in [0.25, 0.3) is 0 Å². The van der Waals surface area contributed by atoms with Crippen LogP contribution >= 0.6 is 0 Å². The summed E-state index contributed by atoms with van der Waals surface area (Å²) in [5, 5.41) is 2.82. The van der Waals surface area contributed by atoms with E-state index in [0.717, 1.165) is 31.5 Å². The molecule has 1 heterocycles. The molecule has 0 atom stereocenters. The fraction of sp³-hybridized carbons (Fsp3) is 0.455. The van der Waals surface area contributed by atoms with Crippen molar-refractivity contribution < 1.29 is 10.5 Å². The van der Waals surface area contributed by atoms with E-state index in [4.69, 9.17) is 0 Å². The van der Waals surface area contributed by atoms with Gasteiger partial charge in [-0.3, -0.25) is 9.78 Å². The number of hydrogen-bond acceptors (Lipinski definition) is 2. The van der Waals surface area contributed by atoms with Crippen LogP contribution in [-0.2, 0) is 4.79 Å². The Morgan fingerprint density at radius 2 is 2.00 bits per heavy atom. The van der Waals surface area contributed by atoms with E-state index in [9.17, 15) is 4.79 Å². The summed E-state index contributed by atoms with van der Waals surface area (Å²) in [4.78, 5) is 15.3. The van der Waals surface area contributed by atoms with Crippen molar-refractivity contribution in [2.45, 2.75) is 25.7 Å². The molecular weight excluding hydrogens is 190 g/mol.